The van der Waals surface area contributed by atoms with Crippen LogP contribution in [-0.4, -0.2) is 40.1 Å². The molecule has 0 aliphatic carbocycles. The molecule has 0 aromatic carbocycles. The molecule has 3 atom stereocenters. The lowest BCUT2D eigenvalue weighted by Crippen LogP contribution is -2.33. The van der Waals surface area contributed by atoms with Crippen molar-refractivity contribution in [1.82, 2.24) is 0 Å². The third kappa shape index (κ3) is 9.82. The zero-order valence-electron chi connectivity index (χ0n) is 11.4. The molecule has 0 fully saturated rings. The van der Waals surface area contributed by atoms with Gasteiger partial charge in [0.1, 0.15) is 4.32 Å². The van der Waals surface area contributed by atoms with Gasteiger partial charge in [-0.15, -0.1) is 0 Å². The maximum Gasteiger partial charge on any atom is 0.324 e. The van der Waals surface area contributed by atoms with Crippen LogP contribution in [0.25, 0.3) is 0 Å². The van der Waals surface area contributed by atoms with E-state index in [-0.39, 0.29) is 26.7 Å². The molecule has 2 N–H and O–H groups in total. The Kier molecular flexibility index (Phi) is 14.4. The molecule has 0 bridgehead atoms. The van der Waals surface area contributed by atoms with Crippen LogP contribution in [0.1, 0.15) is 48.5 Å². The highest BCUT2D eigenvalue weighted by atomic mass is 79.9. The highest BCUT2D eigenvalue weighted by molar-refractivity contribution is 9.10. The number of hydrogen-bond acceptors (Lipinski definition) is 6. The third-order valence-electron chi connectivity index (χ3n) is 2.72. The molecule has 0 saturated heterocycles. The first kappa shape index (κ1) is 25.3. The van der Waals surface area contributed by atoms with E-state index in [1.807, 2.05) is 6.92 Å². The van der Waals surface area contributed by atoms with Gasteiger partial charge in [0.05, 0.1) is 5.92 Å². The van der Waals surface area contributed by atoms with Gasteiger partial charge in [-0.05, 0) is 25.7 Å². The lowest BCUT2D eigenvalue weighted by Gasteiger charge is -2.25. The largest absolute Gasteiger partial charge is 0.438 e. The molecule has 7 heteroatoms. The van der Waals surface area contributed by atoms with E-state index in [1.165, 1.54) is 0 Å². The monoisotopic (exact) mass is 372 g/mol. The van der Waals surface area contributed by atoms with E-state index < -0.39 is 29.8 Å². The van der Waals surface area contributed by atoms with Gasteiger partial charge in [0, 0.05) is 0 Å². The molecule has 3 unspecified atom stereocenters. The second kappa shape index (κ2) is 11.9. The number of ether oxygens (including phenoxy) is 2. The molecule has 0 saturated carbocycles. The lowest BCUT2D eigenvalue weighted by atomic mass is 9.89. The van der Waals surface area contributed by atoms with E-state index >= 15 is 0 Å². The van der Waals surface area contributed by atoms with Crippen molar-refractivity contribution in [2.24, 2.45) is 11.8 Å². The number of carbonyl (C=O) groups is 2. The van der Waals surface area contributed by atoms with Crippen molar-refractivity contribution in [3.8, 4) is 0 Å². The van der Waals surface area contributed by atoms with Crippen LogP contribution in [-0.2, 0) is 19.1 Å². The Morgan fingerprint density at radius 3 is 2.05 bits per heavy atom. The van der Waals surface area contributed by atoms with Gasteiger partial charge in [0.25, 0.3) is 0 Å². The highest BCUT2D eigenvalue weighted by Crippen LogP contribution is 2.30. The maximum absolute atomic E-state index is 11.6. The van der Waals surface area contributed by atoms with Crippen molar-refractivity contribution in [2.75, 3.05) is 13.6 Å². The van der Waals surface area contributed by atoms with E-state index in [2.05, 4.69) is 25.4 Å². The van der Waals surface area contributed by atoms with E-state index in [0.29, 0.717) is 12.8 Å². The summed E-state index contributed by atoms with van der Waals surface area (Å²) < 4.78 is 8.14. The number of carbonyl (C=O) groups excluding carboxylic acids is 2. The van der Waals surface area contributed by atoms with Gasteiger partial charge in [0.2, 0.25) is 0 Å². The second-order valence-corrected chi connectivity index (χ2v) is 6.55. The van der Waals surface area contributed by atoms with Gasteiger partial charge in [-0.1, -0.05) is 44.6 Å². The van der Waals surface area contributed by atoms with Gasteiger partial charge in [-0.2, -0.15) is 0 Å². The zero-order valence-corrected chi connectivity index (χ0v) is 13.0. The fourth-order valence-corrected chi connectivity index (χ4v) is 2.60. The number of hydrogen-bond donors (Lipinski definition) is 2. The first-order valence-electron chi connectivity index (χ1n) is 5.99. The average molecular weight is 373 g/mol. The van der Waals surface area contributed by atoms with Crippen LogP contribution in [0.4, 0.5) is 0 Å². The Bertz CT molecular complexity index is 306. The quantitative estimate of drug-likeness (QED) is 0.386. The Hall–Kier alpha value is -0.660. The minimum atomic E-state index is -0.907. The van der Waals surface area contributed by atoms with Crippen molar-refractivity contribution >= 4 is 27.9 Å². The minimum Gasteiger partial charge on any atom is -0.438 e. The highest BCUT2D eigenvalue weighted by Gasteiger charge is 2.34. The summed E-state index contributed by atoms with van der Waals surface area (Å²) in [7, 11) is 0. The van der Waals surface area contributed by atoms with Gasteiger partial charge >= 0.3 is 11.9 Å². The maximum atomic E-state index is 11.6. The summed E-state index contributed by atoms with van der Waals surface area (Å²) in [6.07, 6.45) is 0.967. The topological polar surface area (TPSA) is 93.1 Å². The smallest absolute Gasteiger partial charge is 0.324 e. The zero-order chi connectivity index (χ0) is 15.1. The van der Waals surface area contributed by atoms with E-state index in [0.717, 1.165) is 0 Å². The Morgan fingerprint density at radius 1 is 1.14 bits per heavy atom. The minimum absolute atomic E-state index is 0. The average Bonchev–Trinajstić information content (AvgIpc) is 2.28. The first-order chi connectivity index (χ1) is 8.74. The second-order valence-electron chi connectivity index (χ2n) is 4.80. The molecular formula is C14H29BrO6. The molecule has 0 heterocycles. The summed E-state index contributed by atoms with van der Waals surface area (Å²) in [4.78, 5) is 22.9. The lowest BCUT2D eigenvalue weighted by molar-refractivity contribution is -0.156. The van der Waals surface area contributed by atoms with Crippen molar-refractivity contribution in [2.45, 2.75) is 52.8 Å². The van der Waals surface area contributed by atoms with Crippen LogP contribution >= 0.6 is 15.9 Å². The van der Waals surface area contributed by atoms with Gasteiger partial charge < -0.3 is 19.7 Å². The number of aliphatic hydroxyl groups is 2. The number of aliphatic hydroxyl groups excluding tert-OH is 2. The molecule has 0 aromatic rings. The van der Waals surface area contributed by atoms with Crippen LogP contribution in [0.2, 0.25) is 0 Å². The van der Waals surface area contributed by atoms with Gasteiger partial charge in [0.15, 0.2) is 13.6 Å². The molecular weight excluding hydrogens is 344 g/mol. The first-order valence-corrected chi connectivity index (χ1v) is 6.78. The van der Waals surface area contributed by atoms with Crippen molar-refractivity contribution < 1.29 is 29.3 Å². The molecule has 21 heavy (non-hydrogen) atoms. The molecule has 0 aliphatic heterocycles. The van der Waals surface area contributed by atoms with Gasteiger partial charge in [-0.3, -0.25) is 9.59 Å². The third-order valence-corrected chi connectivity index (χ3v) is 3.37. The van der Waals surface area contributed by atoms with Crippen LogP contribution < -0.4 is 0 Å². The summed E-state index contributed by atoms with van der Waals surface area (Å²) in [5.74, 6) is -1.33. The fourth-order valence-electron chi connectivity index (χ4n) is 1.94. The Balaban J connectivity index is -0.00000162. The number of alkyl halides is 1. The van der Waals surface area contributed by atoms with E-state index in [9.17, 15) is 9.59 Å². The molecule has 0 radical (unpaired) electrons. The Labute approximate surface area is 136 Å². The molecule has 0 amide bonds. The number of rotatable bonds is 8. The van der Waals surface area contributed by atoms with Gasteiger partial charge in [-0.25, -0.2) is 0 Å². The summed E-state index contributed by atoms with van der Waals surface area (Å²) in [5.41, 5.74) is 0. The summed E-state index contributed by atoms with van der Waals surface area (Å²) in [6.45, 7) is 3.96. The molecule has 0 spiro atoms. The summed E-state index contributed by atoms with van der Waals surface area (Å²) in [5, 5.41) is 17.1. The standard InChI is InChI=1S/C12H21BrO6.2CH4/c1-8(4-9(2)10(16)18-6-14)5-12(3,13)11(17)19-7-15;;/h8-9,14-15H,4-7H2,1-3H3;2*1H4. The normalized spacial score (nSPS) is 15.5. The number of esters is 2. The molecule has 6 nitrogen and oxygen atoms in total. The van der Waals surface area contributed by atoms with Crippen molar-refractivity contribution in [1.29, 1.82) is 0 Å². The summed E-state index contributed by atoms with van der Waals surface area (Å²) in [6, 6.07) is 0. The van der Waals surface area contributed by atoms with E-state index in [1.54, 1.807) is 13.8 Å². The predicted molar refractivity (Wildman–Crippen MR) is 84.7 cm³/mol. The molecule has 0 aliphatic rings. The van der Waals surface area contributed by atoms with Crippen LogP contribution in [0.15, 0.2) is 0 Å². The van der Waals surface area contributed by atoms with E-state index in [4.69, 9.17) is 10.2 Å². The SMILES string of the molecule is C.C.CC(CC(C)C(=O)OCO)CC(C)(Br)C(=O)OCO. The van der Waals surface area contributed by atoms with Crippen LogP contribution in [0, 0.1) is 11.8 Å². The number of halogens is 1. The molecule has 0 rings (SSSR count). The Morgan fingerprint density at radius 2 is 1.62 bits per heavy atom. The van der Waals surface area contributed by atoms with Crippen LogP contribution in [0.5, 0.6) is 0 Å². The fraction of sp³-hybridized carbons (Fsp3) is 0.857. The molecule has 0 aromatic heterocycles. The van der Waals surface area contributed by atoms with Crippen molar-refractivity contribution in [3.63, 3.8) is 0 Å². The molecule has 128 valence electrons. The van der Waals surface area contributed by atoms with Crippen molar-refractivity contribution in [3.05, 3.63) is 0 Å². The van der Waals surface area contributed by atoms with Crippen LogP contribution in [0.3, 0.4) is 0 Å². The summed E-state index contributed by atoms with van der Waals surface area (Å²) >= 11 is 3.26. The predicted octanol–water partition coefficient (Wildman–Crippen LogP) is 2.45.